The summed E-state index contributed by atoms with van der Waals surface area (Å²) in [7, 11) is 0. The lowest BCUT2D eigenvalue weighted by Gasteiger charge is -2.04. The van der Waals surface area contributed by atoms with E-state index >= 15 is 0 Å². The van der Waals surface area contributed by atoms with Gasteiger partial charge >= 0.3 is 0 Å². The van der Waals surface area contributed by atoms with Crippen LogP contribution in [0.5, 0.6) is 0 Å². The van der Waals surface area contributed by atoms with Crippen LogP contribution in [0.2, 0.25) is 0 Å². The average Bonchev–Trinajstić information content (AvgIpc) is 2.76. The van der Waals surface area contributed by atoms with Gasteiger partial charge in [0.15, 0.2) is 0 Å². The van der Waals surface area contributed by atoms with Gasteiger partial charge in [-0.2, -0.15) is 0 Å². The molecule has 2 aromatic rings. The Morgan fingerprint density at radius 2 is 2.00 bits per heavy atom. The Hall–Kier alpha value is -1.91. The first-order valence-corrected chi connectivity index (χ1v) is 6.83. The van der Waals surface area contributed by atoms with E-state index in [0.717, 1.165) is 31.7 Å². The Morgan fingerprint density at radius 3 is 2.70 bits per heavy atom. The molecule has 0 saturated carbocycles. The molecule has 5 heteroatoms. The third-order valence-corrected chi connectivity index (χ3v) is 3.26. The number of nitrogen functional groups attached to an aromatic ring is 1. The molecular weight excluding hydrogens is 262 g/mol. The van der Waals surface area contributed by atoms with Crippen LogP contribution in [0.1, 0.15) is 38.3 Å². The molecule has 0 unspecified atom stereocenters. The van der Waals surface area contributed by atoms with Crippen LogP contribution in [0.25, 0.3) is 11.1 Å². The van der Waals surface area contributed by atoms with Gasteiger partial charge in [-0.25, -0.2) is 8.78 Å². The topological polar surface area (TPSA) is 52.0 Å². The minimum absolute atomic E-state index is 0.0704. The molecule has 1 aromatic heterocycles. The second-order valence-electron chi connectivity index (χ2n) is 4.80. The van der Waals surface area contributed by atoms with E-state index in [1.54, 1.807) is 0 Å². The van der Waals surface area contributed by atoms with Gasteiger partial charge in [0.05, 0.1) is 11.3 Å². The Balaban J connectivity index is 2.24. The van der Waals surface area contributed by atoms with Crippen LogP contribution in [-0.2, 0) is 6.42 Å². The highest BCUT2D eigenvalue weighted by Gasteiger charge is 2.18. The molecule has 0 aliphatic carbocycles. The first-order valence-electron chi connectivity index (χ1n) is 6.83. The van der Waals surface area contributed by atoms with Crippen LogP contribution >= 0.6 is 0 Å². The van der Waals surface area contributed by atoms with E-state index in [4.69, 9.17) is 10.3 Å². The number of hydrogen-bond acceptors (Lipinski definition) is 3. The number of benzene rings is 1. The number of aromatic nitrogens is 1. The van der Waals surface area contributed by atoms with Gasteiger partial charge < -0.3 is 10.3 Å². The summed E-state index contributed by atoms with van der Waals surface area (Å²) >= 11 is 0. The van der Waals surface area contributed by atoms with Gasteiger partial charge in [0.2, 0.25) is 5.88 Å². The van der Waals surface area contributed by atoms with Crippen LogP contribution in [-0.4, -0.2) is 5.16 Å². The number of aryl methyl sites for hydroxylation is 1. The van der Waals surface area contributed by atoms with E-state index in [2.05, 4.69) is 12.1 Å². The smallest absolute Gasteiger partial charge is 0.230 e. The van der Waals surface area contributed by atoms with Crippen molar-refractivity contribution in [3.8, 4) is 11.1 Å². The van der Waals surface area contributed by atoms with E-state index in [0.29, 0.717) is 17.7 Å². The maximum atomic E-state index is 13.9. The predicted molar refractivity (Wildman–Crippen MR) is 74.1 cm³/mol. The van der Waals surface area contributed by atoms with E-state index in [9.17, 15) is 8.78 Å². The number of halogens is 2. The van der Waals surface area contributed by atoms with E-state index < -0.39 is 11.6 Å². The molecule has 0 aliphatic rings. The van der Waals surface area contributed by atoms with Gasteiger partial charge in [-0.3, -0.25) is 0 Å². The third kappa shape index (κ3) is 3.15. The first-order chi connectivity index (χ1) is 9.63. The Morgan fingerprint density at radius 1 is 1.20 bits per heavy atom. The zero-order valence-electron chi connectivity index (χ0n) is 11.5. The molecule has 0 spiro atoms. The van der Waals surface area contributed by atoms with E-state index in [1.165, 1.54) is 12.1 Å². The van der Waals surface area contributed by atoms with Crippen molar-refractivity contribution in [3.05, 3.63) is 35.5 Å². The summed E-state index contributed by atoms with van der Waals surface area (Å²) in [5, 5.41) is 3.89. The normalized spacial score (nSPS) is 10.9. The fourth-order valence-electron chi connectivity index (χ4n) is 2.21. The molecule has 0 bridgehead atoms. The largest absolute Gasteiger partial charge is 0.367 e. The van der Waals surface area contributed by atoms with Crippen molar-refractivity contribution in [1.29, 1.82) is 0 Å². The van der Waals surface area contributed by atoms with E-state index in [1.807, 2.05) is 0 Å². The van der Waals surface area contributed by atoms with Gasteiger partial charge in [0, 0.05) is 11.6 Å². The molecule has 0 aliphatic heterocycles. The zero-order chi connectivity index (χ0) is 14.5. The number of rotatable bonds is 6. The predicted octanol–water partition coefficient (Wildman–Crippen LogP) is 4.32. The molecule has 0 atom stereocenters. The highest BCUT2D eigenvalue weighted by Crippen LogP contribution is 2.32. The number of nitrogens with zero attached hydrogens (tertiary/aromatic N) is 1. The van der Waals surface area contributed by atoms with Crippen molar-refractivity contribution >= 4 is 5.88 Å². The summed E-state index contributed by atoms with van der Waals surface area (Å²) in [6.07, 6.45) is 4.98. The number of anilines is 1. The first kappa shape index (κ1) is 14.5. The molecule has 2 rings (SSSR count). The van der Waals surface area contributed by atoms with Gasteiger partial charge in [-0.15, -0.1) is 0 Å². The Bertz CT molecular complexity index is 581. The molecule has 0 radical (unpaired) electrons. The lowest BCUT2D eigenvalue weighted by atomic mass is 10.0. The summed E-state index contributed by atoms with van der Waals surface area (Å²) < 4.78 is 31.8. The van der Waals surface area contributed by atoms with Crippen LogP contribution in [0.4, 0.5) is 14.7 Å². The van der Waals surface area contributed by atoms with Crippen molar-refractivity contribution in [1.82, 2.24) is 5.16 Å². The SMILES string of the molecule is CCCCCCc1noc(N)c1-c1ccc(F)cc1F. The molecule has 3 nitrogen and oxygen atoms in total. The lowest BCUT2D eigenvalue weighted by molar-refractivity contribution is 0.426. The average molecular weight is 280 g/mol. The summed E-state index contributed by atoms with van der Waals surface area (Å²) in [4.78, 5) is 0. The number of unbranched alkanes of at least 4 members (excludes halogenated alkanes) is 3. The van der Waals surface area contributed by atoms with Gasteiger partial charge in [-0.1, -0.05) is 31.3 Å². The molecule has 1 aromatic carbocycles. The van der Waals surface area contributed by atoms with Crippen LogP contribution in [0, 0.1) is 11.6 Å². The van der Waals surface area contributed by atoms with Gasteiger partial charge in [0.25, 0.3) is 0 Å². The Labute approximate surface area is 116 Å². The Kier molecular flexibility index (Phi) is 4.71. The summed E-state index contributed by atoms with van der Waals surface area (Å²) in [5.41, 5.74) is 7.03. The fourth-order valence-corrected chi connectivity index (χ4v) is 2.21. The van der Waals surface area contributed by atoms with Crippen molar-refractivity contribution in [2.24, 2.45) is 0 Å². The van der Waals surface area contributed by atoms with Crippen LogP contribution in [0.15, 0.2) is 22.7 Å². The fraction of sp³-hybridized carbons (Fsp3) is 0.400. The van der Waals surface area contributed by atoms with Crippen LogP contribution in [0.3, 0.4) is 0 Å². The lowest BCUT2D eigenvalue weighted by Crippen LogP contribution is -1.95. The maximum Gasteiger partial charge on any atom is 0.230 e. The highest BCUT2D eigenvalue weighted by atomic mass is 19.1. The zero-order valence-corrected chi connectivity index (χ0v) is 11.5. The van der Waals surface area contributed by atoms with Gasteiger partial charge in [-0.05, 0) is 25.0 Å². The quantitative estimate of drug-likeness (QED) is 0.801. The number of nitrogens with two attached hydrogens (primary N) is 1. The summed E-state index contributed by atoms with van der Waals surface area (Å²) in [6, 6.07) is 3.40. The molecule has 0 fully saturated rings. The molecular formula is C15H18F2N2O. The van der Waals surface area contributed by atoms with Crippen molar-refractivity contribution in [3.63, 3.8) is 0 Å². The summed E-state index contributed by atoms with van der Waals surface area (Å²) in [6.45, 7) is 2.13. The molecule has 0 saturated heterocycles. The monoisotopic (exact) mass is 280 g/mol. The third-order valence-electron chi connectivity index (χ3n) is 3.26. The van der Waals surface area contributed by atoms with E-state index in [-0.39, 0.29) is 11.4 Å². The maximum absolute atomic E-state index is 13.9. The highest BCUT2D eigenvalue weighted by molar-refractivity contribution is 5.75. The molecule has 108 valence electrons. The standard InChI is InChI=1S/C15H18F2N2O/c1-2-3-4-5-6-13-14(15(18)20-19-13)11-8-7-10(16)9-12(11)17/h7-9H,2-6,18H2,1H3. The van der Waals surface area contributed by atoms with Gasteiger partial charge in [0.1, 0.15) is 11.6 Å². The van der Waals surface area contributed by atoms with Crippen molar-refractivity contribution < 1.29 is 13.3 Å². The molecule has 2 N–H and O–H groups in total. The number of hydrogen-bond donors (Lipinski definition) is 1. The second-order valence-corrected chi connectivity index (χ2v) is 4.80. The van der Waals surface area contributed by atoms with Crippen molar-refractivity contribution in [2.45, 2.75) is 39.0 Å². The minimum atomic E-state index is -0.658. The summed E-state index contributed by atoms with van der Waals surface area (Å²) in [5.74, 6) is -1.21. The molecule has 20 heavy (non-hydrogen) atoms. The minimum Gasteiger partial charge on any atom is -0.367 e. The second kappa shape index (κ2) is 6.50. The molecule has 1 heterocycles. The van der Waals surface area contributed by atoms with Crippen molar-refractivity contribution in [2.75, 3.05) is 5.73 Å². The van der Waals surface area contributed by atoms with Crippen LogP contribution < -0.4 is 5.73 Å². The molecule has 0 amide bonds.